The molecule has 0 radical (unpaired) electrons. The van der Waals surface area contributed by atoms with Crippen molar-refractivity contribution in [1.82, 2.24) is 29.7 Å². The van der Waals surface area contributed by atoms with Gasteiger partial charge in [0.1, 0.15) is 17.7 Å². The van der Waals surface area contributed by atoms with Crippen molar-refractivity contribution >= 4 is 29.0 Å². The molecule has 4 aromatic rings. The topological polar surface area (TPSA) is 129 Å². The zero-order valence-electron chi connectivity index (χ0n) is 31.6. The highest BCUT2D eigenvalue weighted by atomic mass is 17.2. The van der Waals surface area contributed by atoms with Crippen LogP contribution in [-0.2, 0) is 45.0 Å². The number of rotatable bonds is 15. The number of H-pyrrole nitrogens is 2. The second-order valence-corrected chi connectivity index (χ2v) is 15.2. The average Bonchev–Trinajstić information content (AvgIpc) is 3.97. The van der Waals surface area contributed by atoms with Crippen molar-refractivity contribution < 1.29 is 19.4 Å². The molecule has 0 spiro atoms. The van der Waals surface area contributed by atoms with E-state index < -0.39 is 6.04 Å². The standard InChI is InChI=1S/C41H55N7O4/c1-26(2)28(5)40(49)47-19-7-9-35(47)38-42-23-33(45-38)17-13-29-11-15-32-22-30(12-16-31(32)21-29)14-18-34-24-43-39(46-34)36-10-8-20-48(36)41(50)37(27(3)4)44-25-52-51-6/h11-12,15-16,21-28,35-37H,7-10,13-14,17-20H2,1-6H3,(H,42,45)(H,43,46)/t28-,35-,36-,37-/m0/s1. The summed E-state index contributed by atoms with van der Waals surface area (Å²) in [5.41, 5.74) is 4.74. The van der Waals surface area contributed by atoms with Gasteiger partial charge in [0.05, 0.1) is 19.2 Å². The Bertz CT molecular complexity index is 1850. The van der Waals surface area contributed by atoms with Crippen molar-refractivity contribution in [3.63, 3.8) is 0 Å². The number of benzene rings is 2. The van der Waals surface area contributed by atoms with E-state index in [1.165, 1.54) is 35.4 Å². The van der Waals surface area contributed by atoms with Gasteiger partial charge in [-0.15, -0.1) is 0 Å². The first-order valence-corrected chi connectivity index (χ1v) is 19.0. The van der Waals surface area contributed by atoms with Crippen LogP contribution in [0.5, 0.6) is 0 Å². The Morgan fingerprint density at radius 2 is 1.31 bits per heavy atom. The van der Waals surface area contributed by atoms with Gasteiger partial charge in [0.2, 0.25) is 18.2 Å². The van der Waals surface area contributed by atoms with Gasteiger partial charge in [-0.05, 0) is 85.1 Å². The fourth-order valence-corrected chi connectivity index (χ4v) is 7.56. The summed E-state index contributed by atoms with van der Waals surface area (Å²) in [4.78, 5) is 60.8. The lowest BCUT2D eigenvalue weighted by atomic mass is 9.96. The Balaban J connectivity index is 1.02. The van der Waals surface area contributed by atoms with Crippen molar-refractivity contribution in [3.05, 3.63) is 83.0 Å². The van der Waals surface area contributed by atoms with Crippen molar-refractivity contribution in [2.75, 3.05) is 20.2 Å². The number of carbonyl (C=O) groups excluding carboxylic acids is 2. The smallest absolute Gasteiger partial charge is 0.248 e. The number of imidazole rings is 2. The quantitative estimate of drug-likeness (QED) is 0.0586. The fraction of sp³-hybridized carbons (Fsp3) is 0.537. The zero-order chi connectivity index (χ0) is 36.8. The van der Waals surface area contributed by atoms with Crippen LogP contribution in [0.3, 0.4) is 0 Å². The number of hydrogen-bond donors (Lipinski definition) is 2. The van der Waals surface area contributed by atoms with Crippen molar-refractivity contribution in [2.24, 2.45) is 22.7 Å². The normalized spacial score (nSPS) is 19.1. The molecule has 2 aliphatic rings. The number of likely N-dealkylation sites (tertiary alicyclic amines) is 2. The minimum absolute atomic E-state index is 0.0158. The van der Waals surface area contributed by atoms with E-state index in [4.69, 9.17) is 14.9 Å². The van der Waals surface area contributed by atoms with Gasteiger partial charge >= 0.3 is 0 Å². The Kier molecular flexibility index (Phi) is 12.1. The lowest BCUT2D eigenvalue weighted by Gasteiger charge is -2.27. The monoisotopic (exact) mass is 709 g/mol. The van der Waals surface area contributed by atoms with E-state index >= 15 is 0 Å². The summed E-state index contributed by atoms with van der Waals surface area (Å²) in [5.74, 6) is 2.34. The number of aryl methyl sites for hydroxylation is 4. The van der Waals surface area contributed by atoms with Crippen molar-refractivity contribution in [2.45, 2.75) is 104 Å². The molecule has 2 amide bonds. The number of nitrogens with one attached hydrogen (secondary N) is 2. The maximum absolute atomic E-state index is 13.5. The molecule has 4 atom stereocenters. The van der Waals surface area contributed by atoms with Crippen molar-refractivity contribution in [1.29, 1.82) is 0 Å². The van der Waals surface area contributed by atoms with Gasteiger partial charge in [-0.2, -0.15) is 4.89 Å². The van der Waals surface area contributed by atoms with Gasteiger partial charge in [0.15, 0.2) is 0 Å². The van der Waals surface area contributed by atoms with Crippen LogP contribution in [0.25, 0.3) is 10.8 Å². The minimum Gasteiger partial charge on any atom is -0.344 e. The van der Waals surface area contributed by atoms with E-state index in [1.54, 1.807) is 0 Å². The van der Waals surface area contributed by atoms with E-state index in [0.717, 1.165) is 80.9 Å². The van der Waals surface area contributed by atoms with Crippen LogP contribution in [0.4, 0.5) is 0 Å². The van der Waals surface area contributed by atoms with Crippen LogP contribution < -0.4 is 0 Å². The third-order valence-electron chi connectivity index (χ3n) is 11.0. The minimum atomic E-state index is -0.538. The maximum atomic E-state index is 13.5. The lowest BCUT2D eigenvalue weighted by molar-refractivity contribution is -0.188. The molecule has 52 heavy (non-hydrogen) atoms. The van der Waals surface area contributed by atoms with E-state index in [1.807, 2.05) is 43.0 Å². The molecule has 11 heteroatoms. The number of hydrogen-bond acceptors (Lipinski definition) is 7. The average molecular weight is 710 g/mol. The summed E-state index contributed by atoms with van der Waals surface area (Å²) in [7, 11) is 1.41. The van der Waals surface area contributed by atoms with Crippen molar-refractivity contribution in [3.8, 4) is 0 Å². The summed E-state index contributed by atoms with van der Waals surface area (Å²) in [5, 5.41) is 2.47. The largest absolute Gasteiger partial charge is 0.344 e. The first-order valence-electron chi connectivity index (χ1n) is 19.0. The third kappa shape index (κ3) is 8.57. The van der Waals surface area contributed by atoms with E-state index in [0.29, 0.717) is 12.5 Å². The third-order valence-corrected chi connectivity index (χ3v) is 11.0. The molecular weight excluding hydrogens is 654 g/mol. The van der Waals surface area contributed by atoms with Crippen LogP contribution in [0.2, 0.25) is 0 Å². The van der Waals surface area contributed by atoms with Crippen LogP contribution >= 0.6 is 0 Å². The van der Waals surface area contributed by atoms with Gasteiger partial charge in [-0.1, -0.05) is 71.0 Å². The number of amides is 2. The number of aromatic amines is 2. The fourth-order valence-electron chi connectivity index (χ4n) is 7.56. The maximum Gasteiger partial charge on any atom is 0.248 e. The molecule has 2 saturated heterocycles. The van der Waals surface area contributed by atoms with E-state index in [9.17, 15) is 9.59 Å². The summed E-state index contributed by atoms with van der Waals surface area (Å²) < 4.78 is 0. The molecular formula is C41H55N7O4. The molecule has 0 aliphatic carbocycles. The highest BCUT2D eigenvalue weighted by molar-refractivity contribution is 5.84. The first kappa shape index (κ1) is 37.3. The number of carbonyl (C=O) groups is 2. The van der Waals surface area contributed by atoms with Gasteiger partial charge in [-0.25, -0.2) is 15.0 Å². The molecule has 0 bridgehead atoms. The van der Waals surface area contributed by atoms with Gasteiger partial charge < -0.3 is 24.7 Å². The predicted octanol–water partition coefficient (Wildman–Crippen LogP) is 7.11. The predicted molar refractivity (Wildman–Crippen MR) is 203 cm³/mol. The Morgan fingerprint density at radius 3 is 1.79 bits per heavy atom. The van der Waals surface area contributed by atoms with Gasteiger partial charge in [0, 0.05) is 42.8 Å². The van der Waals surface area contributed by atoms with Gasteiger partial charge in [-0.3, -0.25) is 9.59 Å². The number of nitrogens with zero attached hydrogens (tertiary/aromatic N) is 5. The second kappa shape index (κ2) is 16.9. The van der Waals surface area contributed by atoms with Gasteiger partial charge in [0.25, 0.3) is 0 Å². The Morgan fingerprint density at radius 1 is 0.788 bits per heavy atom. The Hall–Kier alpha value is -4.51. The zero-order valence-corrected chi connectivity index (χ0v) is 31.6. The summed E-state index contributed by atoms with van der Waals surface area (Å²) in [6, 6.07) is 12.9. The number of aromatic nitrogens is 4. The molecule has 0 saturated carbocycles. The molecule has 11 nitrogen and oxygen atoms in total. The van der Waals surface area contributed by atoms with Crippen LogP contribution in [-0.4, -0.2) is 74.2 Å². The summed E-state index contributed by atoms with van der Waals surface area (Å²) in [6.07, 6.45) is 12.3. The molecule has 278 valence electrons. The second-order valence-electron chi connectivity index (χ2n) is 15.2. The SMILES string of the molecule is COOC=N[C@H](C(=O)N1CCC[C@H]1c1ncc(CCc2ccc3cc(CCc4cnc([C@@H]5CCCN5C(=O)[C@@H](C)C(C)C)[nH]4)ccc3c2)[nH]1)C(C)C. The molecule has 2 aromatic carbocycles. The molecule has 6 rings (SSSR count). The highest BCUT2D eigenvalue weighted by Crippen LogP contribution is 2.34. The number of aliphatic imine (C=N–C) groups is 1. The number of fused-ring (bicyclic) bond motifs is 1. The first-order chi connectivity index (χ1) is 25.1. The molecule has 2 fully saturated rings. The molecule has 0 unspecified atom stereocenters. The Labute approximate surface area is 307 Å². The van der Waals surface area contributed by atoms with E-state index in [2.05, 4.69) is 70.1 Å². The molecule has 2 aromatic heterocycles. The summed E-state index contributed by atoms with van der Waals surface area (Å²) >= 11 is 0. The van der Waals surface area contributed by atoms with Crippen LogP contribution in [0.15, 0.2) is 53.8 Å². The molecule has 4 heterocycles. The van der Waals surface area contributed by atoms with E-state index in [-0.39, 0.29) is 35.7 Å². The molecule has 2 N–H and O–H groups in total. The van der Waals surface area contributed by atoms with Crippen LogP contribution in [0.1, 0.15) is 107 Å². The van der Waals surface area contributed by atoms with Crippen LogP contribution in [0, 0.1) is 17.8 Å². The highest BCUT2D eigenvalue weighted by Gasteiger charge is 2.37. The molecule has 2 aliphatic heterocycles. The summed E-state index contributed by atoms with van der Waals surface area (Å²) in [6.45, 7) is 11.7. The lowest BCUT2D eigenvalue weighted by Crippen LogP contribution is -2.40.